The zero-order valence-electron chi connectivity index (χ0n) is 21.6. The summed E-state index contributed by atoms with van der Waals surface area (Å²) in [5.74, 6) is -0.700. The molecule has 0 aliphatic carbocycles. The number of ether oxygens (including phenoxy) is 1. The number of aryl methyl sites for hydroxylation is 1. The van der Waals surface area contributed by atoms with Gasteiger partial charge < -0.3 is 25.4 Å². The maximum atomic E-state index is 13.6. The Morgan fingerprint density at radius 2 is 1.63 bits per heavy atom. The second-order valence-corrected chi connectivity index (χ2v) is 10.1. The SMILES string of the molecule is Cc1ccccc1NC(=O)C(c1ccc(O)cc1)N(C)C(=O)C(CC(C)C)NC(=O)OC(C)(C)C. The van der Waals surface area contributed by atoms with Crippen LogP contribution in [0.2, 0.25) is 0 Å². The van der Waals surface area contributed by atoms with E-state index in [9.17, 15) is 19.5 Å². The Bertz CT molecular complexity index is 1030. The minimum atomic E-state index is -1.00. The summed E-state index contributed by atoms with van der Waals surface area (Å²) in [6.07, 6.45) is -0.333. The number of nitrogens with zero attached hydrogens (tertiary/aromatic N) is 1. The molecule has 0 fully saturated rings. The van der Waals surface area contributed by atoms with Crippen molar-refractivity contribution in [2.24, 2.45) is 5.92 Å². The van der Waals surface area contributed by atoms with Crippen LogP contribution in [0.1, 0.15) is 58.2 Å². The lowest BCUT2D eigenvalue weighted by molar-refractivity contribution is -0.139. The number of carbonyl (C=O) groups is 3. The monoisotopic (exact) mass is 483 g/mol. The number of hydrogen-bond donors (Lipinski definition) is 3. The number of nitrogens with one attached hydrogen (secondary N) is 2. The first-order chi connectivity index (χ1) is 16.3. The molecule has 0 aliphatic rings. The summed E-state index contributed by atoms with van der Waals surface area (Å²) < 4.78 is 5.35. The number of para-hydroxylation sites is 1. The van der Waals surface area contributed by atoms with Crippen molar-refractivity contribution in [1.29, 1.82) is 0 Å². The summed E-state index contributed by atoms with van der Waals surface area (Å²) >= 11 is 0. The lowest BCUT2D eigenvalue weighted by atomic mass is 9.99. The number of alkyl carbamates (subject to hydrolysis) is 1. The van der Waals surface area contributed by atoms with Crippen molar-refractivity contribution in [2.75, 3.05) is 12.4 Å². The molecule has 3 N–H and O–H groups in total. The summed E-state index contributed by atoms with van der Waals surface area (Å²) in [4.78, 5) is 40.9. The molecule has 190 valence electrons. The van der Waals surface area contributed by atoms with Gasteiger partial charge in [-0.3, -0.25) is 9.59 Å². The van der Waals surface area contributed by atoms with Gasteiger partial charge in [0, 0.05) is 12.7 Å². The van der Waals surface area contributed by atoms with Crippen molar-refractivity contribution in [3.8, 4) is 5.75 Å². The van der Waals surface area contributed by atoms with Crippen LogP contribution in [-0.4, -0.2) is 46.6 Å². The van der Waals surface area contributed by atoms with Gasteiger partial charge in [0.15, 0.2) is 0 Å². The van der Waals surface area contributed by atoms with Crippen molar-refractivity contribution in [3.05, 3.63) is 59.7 Å². The van der Waals surface area contributed by atoms with E-state index < -0.39 is 35.6 Å². The predicted molar refractivity (Wildman–Crippen MR) is 136 cm³/mol. The minimum Gasteiger partial charge on any atom is -0.508 e. The third-order valence-electron chi connectivity index (χ3n) is 5.29. The van der Waals surface area contributed by atoms with E-state index >= 15 is 0 Å². The van der Waals surface area contributed by atoms with Crippen LogP contribution in [0.5, 0.6) is 5.75 Å². The van der Waals surface area contributed by atoms with Crippen LogP contribution in [0.15, 0.2) is 48.5 Å². The number of anilines is 1. The van der Waals surface area contributed by atoms with Gasteiger partial charge in [-0.2, -0.15) is 0 Å². The first-order valence-corrected chi connectivity index (χ1v) is 11.7. The molecule has 35 heavy (non-hydrogen) atoms. The van der Waals surface area contributed by atoms with Gasteiger partial charge in [-0.1, -0.05) is 44.2 Å². The number of aromatic hydroxyl groups is 1. The van der Waals surface area contributed by atoms with Gasteiger partial charge in [0.2, 0.25) is 5.91 Å². The summed E-state index contributed by atoms with van der Waals surface area (Å²) in [6, 6.07) is 11.6. The van der Waals surface area contributed by atoms with E-state index in [0.29, 0.717) is 17.7 Å². The fourth-order valence-electron chi connectivity index (χ4n) is 3.64. The van der Waals surface area contributed by atoms with Crippen LogP contribution < -0.4 is 10.6 Å². The quantitative estimate of drug-likeness (QED) is 0.501. The zero-order valence-corrected chi connectivity index (χ0v) is 21.6. The Balaban J connectivity index is 2.37. The summed E-state index contributed by atoms with van der Waals surface area (Å²) in [6.45, 7) is 11.0. The largest absolute Gasteiger partial charge is 0.508 e. The second kappa shape index (κ2) is 11.7. The van der Waals surface area contributed by atoms with E-state index in [2.05, 4.69) is 10.6 Å². The lowest BCUT2D eigenvalue weighted by Crippen LogP contribution is -2.51. The zero-order chi connectivity index (χ0) is 26.3. The summed E-state index contributed by atoms with van der Waals surface area (Å²) in [5, 5.41) is 15.3. The number of rotatable bonds is 8. The van der Waals surface area contributed by atoms with E-state index in [4.69, 9.17) is 4.74 Å². The molecule has 0 heterocycles. The van der Waals surface area contributed by atoms with Crippen molar-refractivity contribution in [2.45, 2.75) is 65.6 Å². The van der Waals surface area contributed by atoms with E-state index in [1.165, 1.54) is 24.1 Å². The molecule has 0 aliphatic heterocycles. The molecule has 2 aromatic rings. The number of carbonyl (C=O) groups excluding carboxylic acids is 3. The van der Waals surface area contributed by atoms with Crippen LogP contribution in [0.25, 0.3) is 0 Å². The van der Waals surface area contributed by atoms with Crippen LogP contribution in [0.3, 0.4) is 0 Å². The lowest BCUT2D eigenvalue weighted by Gasteiger charge is -2.32. The Morgan fingerprint density at radius 3 is 2.17 bits per heavy atom. The van der Waals surface area contributed by atoms with Crippen molar-refractivity contribution in [3.63, 3.8) is 0 Å². The molecular formula is C27H37N3O5. The fraction of sp³-hybridized carbons (Fsp3) is 0.444. The molecule has 2 rings (SSSR count). The highest BCUT2D eigenvalue weighted by Crippen LogP contribution is 2.26. The standard InChI is InChI=1S/C27H37N3O5/c1-17(2)16-22(29-26(34)35-27(4,5)6)25(33)30(7)23(19-12-14-20(31)15-13-19)24(32)28-21-11-9-8-10-18(21)3/h8-15,17,22-23,31H,16H2,1-7H3,(H,28,32)(H,29,34). The van der Waals surface area contributed by atoms with Gasteiger partial charge in [-0.15, -0.1) is 0 Å². The fourth-order valence-corrected chi connectivity index (χ4v) is 3.64. The smallest absolute Gasteiger partial charge is 0.408 e. The normalized spacial score (nSPS) is 13.0. The number of amides is 3. The van der Waals surface area contributed by atoms with Gasteiger partial charge in [0.1, 0.15) is 23.4 Å². The van der Waals surface area contributed by atoms with Crippen LogP contribution in [0, 0.1) is 12.8 Å². The van der Waals surface area contributed by atoms with Gasteiger partial charge in [-0.05, 0) is 69.4 Å². The van der Waals surface area contributed by atoms with E-state index in [1.807, 2.05) is 39.0 Å². The molecule has 2 atom stereocenters. The molecule has 8 nitrogen and oxygen atoms in total. The second-order valence-electron chi connectivity index (χ2n) is 10.1. The van der Waals surface area contributed by atoms with Gasteiger partial charge in [-0.25, -0.2) is 4.79 Å². The van der Waals surface area contributed by atoms with E-state index in [-0.39, 0.29) is 11.7 Å². The molecule has 0 radical (unpaired) electrons. The molecule has 0 saturated carbocycles. The topological polar surface area (TPSA) is 108 Å². The highest BCUT2D eigenvalue weighted by Gasteiger charge is 2.34. The van der Waals surface area contributed by atoms with Crippen LogP contribution in [-0.2, 0) is 14.3 Å². The molecule has 0 aromatic heterocycles. The third kappa shape index (κ3) is 8.31. The number of phenols is 1. The predicted octanol–water partition coefficient (Wildman–Crippen LogP) is 4.78. The van der Waals surface area contributed by atoms with Crippen LogP contribution in [0.4, 0.5) is 10.5 Å². The highest BCUT2D eigenvalue weighted by atomic mass is 16.6. The molecular weight excluding hydrogens is 446 g/mol. The number of phenolic OH excluding ortho intramolecular Hbond substituents is 1. The number of hydrogen-bond acceptors (Lipinski definition) is 5. The molecule has 2 unspecified atom stereocenters. The molecule has 0 spiro atoms. The first kappa shape index (κ1) is 27.7. The number of benzene rings is 2. The molecule has 3 amide bonds. The highest BCUT2D eigenvalue weighted by molar-refractivity contribution is 5.99. The van der Waals surface area contributed by atoms with E-state index in [1.54, 1.807) is 39.0 Å². The summed E-state index contributed by atoms with van der Waals surface area (Å²) in [7, 11) is 1.53. The van der Waals surface area contributed by atoms with Crippen molar-refractivity contribution >= 4 is 23.6 Å². The van der Waals surface area contributed by atoms with E-state index in [0.717, 1.165) is 5.56 Å². The first-order valence-electron chi connectivity index (χ1n) is 11.7. The van der Waals surface area contributed by atoms with Crippen molar-refractivity contribution < 1.29 is 24.2 Å². The van der Waals surface area contributed by atoms with Gasteiger partial charge in [0.25, 0.3) is 5.91 Å². The minimum absolute atomic E-state index is 0.0464. The Labute approximate surface area is 207 Å². The van der Waals surface area contributed by atoms with Gasteiger partial charge in [0.05, 0.1) is 0 Å². The molecule has 0 saturated heterocycles. The Kier molecular flexibility index (Phi) is 9.28. The van der Waals surface area contributed by atoms with Crippen LogP contribution >= 0.6 is 0 Å². The maximum absolute atomic E-state index is 13.6. The summed E-state index contributed by atoms with van der Waals surface area (Å²) in [5.41, 5.74) is 1.31. The third-order valence-corrected chi connectivity index (χ3v) is 5.29. The Hall–Kier alpha value is -3.55. The average molecular weight is 484 g/mol. The maximum Gasteiger partial charge on any atom is 0.408 e. The molecule has 2 aromatic carbocycles. The number of likely N-dealkylation sites (N-methyl/N-ethyl adjacent to an activating group) is 1. The Morgan fingerprint density at radius 1 is 1.03 bits per heavy atom. The molecule has 8 heteroatoms. The molecule has 0 bridgehead atoms. The van der Waals surface area contributed by atoms with Gasteiger partial charge >= 0.3 is 6.09 Å². The average Bonchev–Trinajstić information content (AvgIpc) is 2.74. The van der Waals surface area contributed by atoms with Crippen molar-refractivity contribution in [1.82, 2.24) is 10.2 Å².